The number of hydrogen-bond acceptors (Lipinski definition) is 1. The molecule has 1 unspecified atom stereocenters. The number of benzene rings is 1. The van der Waals surface area contributed by atoms with Crippen LogP contribution in [-0.2, 0) is 6.42 Å². The zero-order valence-electron chi connectivity index (χ0n) is 13.3. The summed E-state index contributed by atoms with van der Waals surface area (Å²) in [5, 5.41) is 8.95. The lowest BCUT2D eigenvalue weighted by Gasteiger charge is -2.22. The van der Waals surface area contributed by atoms with Crippen molar-refractivity contribution in [3.63, 3.8) is 0 Å². The molecule has 0 bridgehead atoms. The maximum Gasteiger partial charge on any atom is 0.0621 e. The summed E-state index contributed by atoms with van der Waals surface area (Å²) in [6.45, 7) is 2.13. The number of nitrogens with zero attached hydrogens (tertiary/aromatic N) is 1. The van der Waals surface area contributed by atoms with E-state index in [4.69, 9.17) is 5.26 Å². The van der Waals surface area contributed by atoms with Crippen LogP contribution in [0.2, 0.25) is 0 Å². The Labute approximate surface area is 129 Å². The van der Waals surface area contributed by atoms with Gasteiger partial charge in [0, 0.05) is 6.42 Å². The molecule has 0 aliphatic heterocycles. The third-order valence-corrected chi connectivity index (χ3v) is 4.56. The van der Waals surface area contributed by atoms with Gasteiger partial charge in [0.25, 0.3) is 0 Å². The lowest BCUT2D eigenvalue weighted by Crippen LogP contribution is -2.10. The molecular formula is C20H27N. The van der Waals surface area contributed by atoms with E-state index in [1.165, 1.54) is 49.7 Å². The molecule has 0 radical (unpaired) electrons. The SMILES string of the molecule is Cc1ccc(CC(CCC#N)/C2=C/CCCCCC2)cc1. The predicted molar refractivity (Wildman–Crippen MR) is 89.0 cm³/mol. The van der Waals surface area contributed by atoms with E-state index in [1.807, 2.05) is 0 Å². The summed E-state index contributed by atoms with van der Waals surface area (Å²) in [4.78, 5) is 0. The Bertz CT molecular complexity index is 490. The fraction of sp³-hybridized carbons (Fsp3) is 0.550. The average Bonchev–Trinajstić information content (AvgIpc) is 2.46. The van der Waals surface area contributed by atoms with Gasteiger partial charge >= 0.3 is 0 Å². The summed E-state index contributed by atoms with van der Waals surface area (Å²) in [5.74, 6) is 0.561. The minimum absolute atomic E-state index is 0.561. The largest absolute Gasteiger partial charge is 0.198 e. The lowest BCUT2D eigenvalue weighted by molar-refractivity contribution is 0.514. The molecule has 0 amide bonds. The van der Waals surface area contributed by atoms with Gasteiger partial charge in [0.15, 0.2) is 0 Å². The lowest BCUT2D eigenvalue weighted by atomic mass is 9.83. The Morgan fingerprint density at radius 2 is 1.86 bits per heavy atom. The average molecular weight is 281 g/mol. The number of nitriles is 1. The highest BCUT2D eigenvalue weighted by Crippen LogP contribution is 2.29. The molecule has 0 fully saturated rings. The van der Waals surface area contributed by atoms with Crippen LogP contribution in [0, 0.1) is 24.2 Å². The molecule has 1 aromatic carbocycles. The zero-order valence-corrected chi connectivity index (χ0v) is 13.3. The van der Waals surface area contributed by atoms with Gasteiger partial charge in [-0.25, -0.2) is 0 Å². The third kappa shape index (κ3) is 5.38. The van der Waals surface area contributed by atoms with E-state index in [2.05, 4.69) is 43.3 Å². The van der Waals surface area contributed by atoms with Gasteiger partial charge in [0.05, 0.1) is 6.07 Å². The van der Waals surface area contributed by atoms with Crippen LogP contribution in [0.15, 0.2) is 35.9 Å². The minimum atomic E-state index is 0.561. The molecule has 1 heteroatoms. The van der Waals surface area contributed by atoms with Gasteiger partial charge in [-0.1, -0.05) is 54.3 Å². The minimum Gasteiger partial charge on any atom is -0.198 e. The maximum absolute atomic E-state index is 8.95. The van der Waals surface area contributed by atoms with Gasteiger partial charge in [-0.05, 0) is 56.9 Å². The number of allylic oxidation sites excluding steroid dienone is 2. The molecular weight excluding hydrogens is 254 g/mol. The first-order chi connectivity index (χ1) is 10.3. The van der Waals surface area contributed by atoms with E-state index in [1.54, 1.807) is 5.57 Å². The molecule has 2 rings (SSSR count). The highest BCUT2D eigenvalue weighted by atomic mass is 14.3. The second-order valence-corrected chi connectivity index (χ2v) is 6.32. The van der Waals surface area contributed by atoms with Crippen molar-refractivity contribution in [2.75, 3.05) is 0 Å². The van der Waals surface area contributed by atoms with Gasteiger partial charge in [-0.2, -0.15) is 5.26 Å². The van der Waals surface area contributed by atoms with Gasteiger partial charge in [0.1, 0.15) is 0 Å². The molecule has 0 heterocycles. The van der Waals surface area contributed by atoms with Crippen LogP contribution in [0.1, 0.15) is 62.5 Å². The fourth-order valence-electron chi connectivity index (χ4n) is 3.25. The van der Waals surface area contributed by atoms with Crippen molar-refractivity contribution in [1.29, 1.82) is 5.26 Å². The number of hydrogen-bond donors (Lipinski definition) is 0. The van der Waals surface area contributed by atoms with E-state index < -0.39 is 0 Å². The summed E-state index contributed by atoms with van der Waals surface area (Å²) in [6, 6.07) is 11.2. The molecule has 0 saturated carbocycles. The Morgan fingerprint density at radius 1 is 1.10 bits per heavy atom. The van der Waals surface area contributed by atoms with Crippen molar-refractivity contribution in [3.8, 4) is 6.07 Å². The van der Waals surface area contributed by atoms with E-state index in [0.29, 0.717) is 12.3 Å². The van der Waals surface area contributed by atoms with Crippen molar-refractivity contribution in [2.24, 2.45) is 5.92 Å². The summed E-state index contributed by atoms with van der Waals surface area (Å²) < 4.78 is 0. The van der Waals surface area contributed by atoms with Crippen LogP contribution in [0.5, 0.6) is 0 Å². The molecule has 0 saturated heterocycles. The van der Waals surface area contributed by atoms with Gasteiger partial charge < -0.3 is 0 Å². The topological polar surface area (TPSA) is 23.8 Å². The molecule has 112 valence electrons. The molecule has 1 aliphatic carbocycles. The van der Waals surface area contributed by atoms with Gasteiger partial charge in [-0.15, -0.1) is 0 Å². The smallest absolute Gasteiger partial charge is 0.0621 e. The summed E-state index contributed by atoms with van der Waals surface area (Å²) in [5.41, 5.74) is 4.34. The first-order valence-electron chi connectivity index (χ1n) is 8.41. The highest BCUT2D eigenvalue weighted by Gasteiger charge is 2.15. The Hall–Kier alpha value is -1.55. The maximum atomic E-state index is 8.95. The van der Waals surface area contributed by atoms with Crippen LogP contribution in [-0.4, -0.2) is 0 Å². The van der Waals surface area contributed by atoms with Crippen LogP contribution >= 0.6 is 0 Å². The molecule has 0 N–H and O–H groups in total. The van der Waals surface area contributed by atoms with Crippen molar-refractivity contribution in [1.82, 2.24) is 0 Å². The van der Waals surface area contributed by atoms with Crippen LogP contribution in [0.25, 0.3) is 0 Å². The standard InChI is InChI=1S/C20H27N/c1-17-11-13-18(14-12-17)16-20(10-7-15-21)19-8-5-3-2-4-6-9-19/h8,11-14,20H,2-7,9-10,16H2,1H3/b19-8+. The van der Waals surface area contributed by atoms with Crippen molar-refractivity contribution < 1.29 is 0 Å². The van der Waals surface area contributed by atoms with E-state index >= 15 is 0 Å². The Morgan fingerprint density at radius 3 is 2.62 bits per heavy atom. The zero-order chi connectivity index (χ0) is 14.9. The monoisotopic (exact) mass is 281 g/mol. The molecule has 1 aliphatic rings. The first kappa shape index (κ1) is 15.8. The summed E-state index contributed by atoms with van der Waals surface area (Å²) >= 11 is 0. The predicted octanol–water partition coefficient (Wildman–Crippen LogP) is 5.74. The summed E-state index contributed by atoms with van der Waals surface area (Å²) in [6.07, 6.45) is 13.1. The van der Waals surface area contributed by atoms with Crippen molar-refractivity contribution in [2.45, 2.75) is 64.7 Å². The Balaban J connectivity index is 2.08. The molecule has 1 atom stereocenters. The number of aryl methyl sites for hydroxylation is 1. The molecule has 21 heavy (non-hydrogen) atoms. The third-order valence-electron chi connectivity index (χ3n) is 4.56. The van der Waals surface area contributed by atoms with E-state index in [-0.39, 0.29) is 0 Å². The second kappa shape index (κ2) is 8.67. The van der Waals surface area contributed by atoms with Gasteiger partial charge in [0.2, 0.25) is 0 Å². The van der Waals surface area contributed by atoms with Gasteiger partial charge in [-0.3, -0.25) is 0 Å². The highest BCUT2D eigenvalue weighted by molar-refractivity contribution is 5.23. The van der Waals surface area contributed by atoms with Crippen molar-refractivity contribution >= 4 is 0 Å². The van der Waals surface area contributed by atoms with Crippen LogP contribution < -0.4 is 0 Å². The number of rotatable bonds is 5. The first-order valence-corrected chi connectivity index (χ1v) is 8.41. The van der Waals surface area contributed by atoms with Crippen LogP contribution in [0.3, 0.4) is 0 Å². The molecule has 1 aromatic rings. The molecule has 0 aromatic heterocycles. The second-order valence-electron chi connectivity index (χ2n) is 6.32. The molecule has 1 nitrogen and oxygen atoms in total. The van der Waals surface area contributed by atoms with E-state index in [9.17, 15) is 0 Å². The van der Waals surface area contributed by atoms with E-state index in [0.717, 1.165) is 12.8 Å². The quantitative estimate of drug-likeness (QED) is 0.631. The summed E-state index contributed by atoms with van der Waals surface area (Å²) in [7, 11) is 0. The fourth-order valence-corrected chi connectivity index (χ4v) is 3.25. The Kier molecular flexibility index (Phi) is 6.54. The normalized spacial score (nSPS) is 19.7. The van der Waals surface area contributed by atoms with Crippen LogP contribution in [0.4, 0.5) is 0 Å². The van der Waals surface area contributed by atoms with Crippen molar-refractivity contribution in [3.05, 3.63) is 47.0 Å². The molecule has 0 spiro atoms.